The zero-order chi connectivity index (χ0) is 23.8. The van der Waals surface area contributed by atoms with Gasteiger partial charge in [0.2, 0.25) is 11.8 Å². The fourth-order valence-corrected chi connectivity index (χ4v) is 4.43. The van der Waals surface area contributed by atoms with Gasteiger partial charge in [-0.2, -0.15) is 0 Å². The number of likely N-dealkylation sites (tertiary alicyclic amines) is 1. The minimum atomic E-state index is -0.733. The van der Waals surface area contributed by atoms with E-state index in [4.69, 9.17) is 4.74 Å². The molecule has 1 saturated carbocycles. The Morgan fingerprint density at radius 3 is 2.48 bits per heavy atom. The van der Waals surface area contributed by atoms with Crippen LogP contribution in [-0.4, -0.2) is 68.7 Å². The van der Waals surface area contributed by atoms with Gasteiger partial charge in [-0.1, -0.05) is 26.0 Å². The van der Waals surface area contributed by atoms with Crippen LogP contribution >= 0.6 is 0 Å². The number of aliphatic hydroxyl groups is 1. The number of nitrogens with zero attached hydrogens (tertiary/aromatic N) is 4. The molecule has 2 N–H and O–H groups in total. The third-order valence-electron chi connectivity index (χ3n) is 6.45. The molecule has 4 rings (SSSR count). The Kier molecular flexibility index (Phi) is 6.43. The van der Waals surface area contributed by atoms with Gasteiger partial charge in [0.1, 0.15) is 23.5 Å². The summed E-state index contributed by atoms with van der Waals surface area (Å²) in [5.41, 5.74) is 1.03. The second-order valence-electron chi connectivity index (χ2n) is 10.1. The van der Waals surface area contributed by atoms with Crippen LogP contribution in [0.15, 0.2) is 30.5 Å². The third kappa shape index (κ3) is 4.88. The Morgan fingerprint density at radius 1 is 1.21 bits per heavy atom. The molecule has 9 heteroatoms. The minimum Gasteiger partial charge on any atom is -0.490 e. The summed E-state index contributed by atoms with van der Waals surface area (Å²) in [5, 5.41) is 21.3. The van der Waals surface area contributed by atoms with Gasteiger partial charge in [0.05, 0.1) is 18.4 Å². The van der Waals surface area contributed by atoms with Gasteiger partial charge in [-0.3, -0.25) is 9.59 Å². The number of amides is 2. The van der Waals surface area contributed by atoms with E-state index >= 15 is 0 Å². The van der Waals surface area contributed by atoms with Crippen molar-refractivity contribution in [2.24, 2.45) is 5.41 Å². The van der Waals surface area contributed by atoms with Crippen LogP contribution in [0.5, 0.6) is 5.75 Å². The first kappa shape index (κ1) is 23.2. The summed E-state index contributed by atoms with van der Waals surface area (Å²) < 4.78 is 7.49. The third-order valence-corrected chi connectivity index (χ3v) is 6.45. The van der Waals surface area contributed by atoms with E-state index in [1.807, 2.05) is 45.0 Å². The average Bonchev–Trinajstić information content (AvgIpc) is 3.36. The van der Waals surface area contributed by atoms with Crippen LogP contribution in [0.3, 0.4) is 0 Å². The van der Waals surface area contributed by atoms with E-state index in [2.05, 4.69) is 15.6 Å². The lowest BCUT2D eigenvalue weighted by Crippen LogP contribution is -2.49. The molecule has 178 valence electrons. The lowest BCUT2D eigenvalue weighted by molar-refractivity contribution is -0.144. The zero-order valence-electron chi connectivity index (χ0n) is 19.7. The Balaban J connectivity index is 1.56. The first-order chi connectivity index (χ1) is 15.7. The predicted molar refractivity (Wildman–Crippen MR) is 122 cm³/mol. The zero-order valence-corrected chi connectivity index (χ0v) is 19.7. The maximum absolute atomic E-state index is 13.6. The van der Waals surface area contributed by atoms with Crippen molar-refractivity contribution < 1.29 is 19.4 Å². The topological polar surface area (TPSA) is 110 Å². The number of benzene rings is 1. The van der Waals surface area contributed by atoms with Gasteiger partial charge < -0.3 is 20.1 Å². The molecule has 1 saturated heterocycles. The van der Waals surface area contributed by atoms with Crippen molar-refractivity contribution in [3.8, 4) is 17.0 Å². The molecule has 1 aliphatic heterocycles. The smallest absolute Gasteiger partial charge is 0.248 e. The molecule has 9 nitrogen and oxygen atoms in total. The van der Waals surface area contributed by atoms with Crippen molar-refractivity contribution in [3.05, 3.63) is 30.5 Å². The number of carbonyl (C=O) groups excluding carboxylic acids is 2. The maximum atomic E-state index is 13.6. The number of hydrogen-bond donors (Lipinski definition) is 2. The predicted octanol–water partition coefficient (Wildman–Crippen LogP) is 2.17. The summed E-state index contributed by atoms with van der Waals surface area (Å²) >= 11 is 0. The van der Waals surface area contributed by atoms with Crippen LogP contribution in [0.1, 0.15) is 52.5 Å². The molecular weight excluding hydrogens is 422 g/mol. The summed E-state index contributed by atoms with van der Waals surface area (Å²) in [6.07, 6.45) is 5.00. The van der Waals surface area contributed by atoms with Crippen molar-refractivity contribution in [2.75, 3.05) is 13.6 Å². The van der Waals surface area contributed by atoms with Crippen LogP contribution in [0.25, 0.3) is 11.3 Å². The molecule has 1 aliphatic carbocycles. The minimum absolute atomic E-state index is 0.119. The fraction of sp³-hybridized carbons (Fsp3) is 0.583. The lowest BCUT2D eigenvalue weighted by atomic mass is 9.85. The lowest BCUT2D eigenvalue weighted by Gasteiger charge is -2.34. The molecule has 2 fully saturated rings. The molecule has 0 spiro atoms. The van der Waals surface area contributed by atoms with Gasteiger partial charge in [0.15, 0.2) is 0 Å². The van der Waals surface area contributed by atoms with Gasteiger partial charge >= 0.3 is 0 Å². The monoisotopic (exact) mass is 455 g/mol. The standard InChI is InChI=1S/C24H33N5O4/c1-24(2,3)21(23(32)28-13-16(30)12-20(28)22(31)25-4)29-14-19(26-27-29)15-8-10-18(11-9-15)33-17-6-5-7-17/h8-11,14,16-17,20-21,30H,5-7,12-13H2,1-4H3,(H,25,31)/t16?,20-,21?/m1/s1. The van der Waals surface area contributed by atoms with E-state index in [0.717, 1.165) is 24.2 Å². The van der Waals surface area contributed by atoms with Gasteiger partial charge in [-0.25, -0.2) is 4.68 Å². The molecule has 0 radical (unpaired) electrons. The second-order valence-corrected chi connectivity index (χ2v) is 10.1. The van der Waals surface area contributed by atoms with Crippen molar-refractivity contribution in [1.29, 1.82) is 0 Å². The van der Waals surface area contributed by atoms with E-state index in [-0.39, 0.29) is 24.8 Å². The number of aromatic nitrogens is 3. The maximum Gasteiger partial charge on any atom is 0.248 e. The largest absolute Gasteiger partial charge is 0.490 e. The van der Waals surface area contributed by atoms with Crippen molar-refractivity contribution in [3.63, 3.8) is 0 Å². The molecule has 1 aromatic heterocycles. The van der Waals surface area contributed by atoms with Crippen LogP contribution in [0.2, 0.25) is 0 Å². The number of rotatable bonds is 6. The van der Waals surface area contributed by atoms with Gasteiger partial charge in [-0.05, 0) is 48.9 Å². The number of ether oxygens (including phenoxy) is 1. The van der Waals surface area contributed by atoms with E-state index in [1.165, 1.54) is 18.4 Å². The molecule has 2 heterocycles. The number of likely N-dealkylation sites (N-methyl/N-ethyl adjacent to an activating group) is 1. The molecule has 1 aromatic carbocycles. The number of aliphatic hydroxyl groups excluding tert-OH is 1. The highest BCUT2D eigenvalue weighted by Crippen LogP contribution is 2.35. The van der Waals surface area contributed by atoms with E-state index in [0.29, 0.717) is 11.8 Å². The van der Waals surface area contributed by atoms with E-state index in [9.17, 15) is 14.7 Å². The molecule has 2 aliphatic rings. The summed E-state index contributed by atoms with van der Waals surface area (Å²) in [6.45, 7) is 5.97. The Hall–Kier alpha value is -2.94. The molecular formula is C24H33N5O4. The number of β-amino-alcohol motifs (C(OH)–C–C–N with tert-alkyl or cyclic N) is 1. The second kappa shape index (κ2) is 9.13. The number of nitrogens with one attached hydrogen (secondary N) is 1. The number of hydrogen-bond acceptors (Lipinski definition) is 6. The highest BCUT2D eigenvalue weighted by atomic mass is 16.5. The quantitative estimate of drug-likeness (QED) is 0.691. The van der Waals surface area contributed by atoms with Crippen LogP contribution in [0.4, 0.5) is 0 Å². The van der Waals surface area contributed by atoms with Crippen LogP contribution in [-0.2, 0) is 9.59 Å². The fourth-order valence-electron chi connectivity index (χ4n) is 4.43. The normalized spacial score (nSPS) is 22.0. The first-order valence-corrected chi connectivity index (χ1v) is 11.6. The highest BCUT2D eigenvalue weighted by molar-refractivity contribution is 5.90. The molecule has 2 amide bonds. The van der Waals surface area contributed by atoms with Crippen molar-refractivity contribution >= 4 is 11.8 Å². The molecule has 3 atom stereocenters. The highest BCUT2D eigenvalue weighted by Gasteiger charge is 2.45. The van der Waals surface area contributed by atoms with Crippen LogP contribution < -0.4 is 10.1 Å². The van der Waals surface area contributed by atoms with Gasteiger partial charge in [-0.15, -0.1) is 5.10 Å². The van der Waals surface area contributed by atoms with Crippen molar-refractivity contribution in [1.82, 2.24) is 25.2 Å². The Bertz CT molecular complexity index is 993. The number of carbonyl (C=O) groups is 2. The van der Waals surface area contributed by atoms with E-state index in [1.54, 1.807) is 10.9 Å². The SMILES string of the molecule is CNC(=O)[C@H]1CC(O)CN1C(=O)C(n1cc(-c2ccc(OC3CCC3)cc2)nn1)C(C)(C)C. The molecule has 2 aromatic rings. The summed E-state index contributed by atoms with van der Waals surface area (Å²) in [7, 11) is 1.53. The summed E-state index contributed by atoms with van der Waals surface area (Å²) in [5.74, 6) is 0.302. The Morgan fingerprint density at radius 2 is 1.91 bits per heavy atom. The van der Waals surface area contributed by atoms with Crippen molar-refractivity contribution in [2.45, 2.75) is 70.7 Å². The first-order valence-electron chi connectivity index (χ1n) is 11.6. The average molecular weight is 456 g/mol. The molecule has 0 bridgehead atoms. The van der Waals surface area contributed by atoms with E-state index < -0.39 is 23.6 Å². The van der Waals surface area contributed by atoms with Gasteiger partial charge in [0, 0.05) is 25.6 Å². The molecule has 2 unspecified atom stereocenters. The Labute approximate surface area is 194 Å². The van der Waals surface area contributed by atoms with Gasteiger partial charge in [0.25, 0.3) is 0 Å². The summed E-state index contributed by atoms with van der Waals surface area (Å²) in [4.78, 5) is 27.4. The molecule has 33 heavy (non-hydrogen) atoms. The van der Waals surface area contributed by atoms with Crippen LogP contribution in [0, 0.1) is 5.41 Å². The summed E-state index contributed by atoms with van der Waals surface area (Å²) in [6, 6.07) is 6.35.